The SMILES string of the molecule is CC[C@@H](Oc1ccccc1)C(=O)Nc1ccccc1C(N)=O. The number of benzene rings is 2. The van der Waals surface area contributed by atoms with Crippen LogP contribution < -0.4 is 15.8 Å². The molecular formula is C17H18N2O3. The lowest BCUT2D eigenvalue weighted by molar-refractivity contribution is -0.122. The van der Waals surface area contributed by atoms with E-state index in [1.165, 1.54) is 0 Å². The molecule has 2 rings (SSSR count). The highest BCUT2D eigenvalue weighted by molar-refractivity contribution is 6.04. The van der Waals surface area contributed by atoms with Gasteiger partial charge in [-0.2, -0.15) is 0 Å². The number of carbonyl (C=O) groups excluding carboxylic acids is 2. The summed E-state index contributed by atoms with van der Waals surface area (Å²) in [6.45, 7) is 1.85. The van der Waals surface area contributed by atoms with Crippen LogP contribution in [0.2, 0.25) is 0 Å². The highest BCUT2D eigenvalue weighted by Gasteiger charge is 2.20. The van der Waals surface area contributed by atoms with Crippen LogP contribution in [0.4, 0.5) is 5.69 Å². The van der Waals surface area contributed by atoms with Crippen molar-refractivity contribution in [1.82, 2.24) is 0 Å². The zero-order valence-electron chi connectivity index (χ0n) is 12.3. The van der Waals surface area contributed by atoms with Gasteiger partial charge in [0.25, 0.3) is 11.8 Å². The molecule has 0 fully saturated rings. The minimum atomic E-state index is -0.650. The average molecular weight is 298 g/mol. The molecule has 0 saturated carbocycles. The van der Waals surface area contributed by atoms with Crippen LogP contribution >= 0.6 is 0 Å². The number of carbonyl (C=O) groups is 2. The van der Waals surface area contributed by atoms with Crippen molar-refractivity contribution < 1.29 is 14.3 Å². The standard InChI is InChI=1S/C17H18N2O3/c1-2-15(22-12-8-4-3-5-9-12)17(21)19-14-11-7-6-10-13(14)16(18)20/h3-11,15H,2H2,1H3,(H2,18,20)(H,19,21)/t15-/m1/s1. The lowest BCUT2D eigenvalue weighted by atomic mass is 10.1. The van der Waals surface area contributed by atoms with Gasteiger partial charge in [-0.25, -0.2) is 0 Å². The molecule has 0 aliphatic carbocycles. The second-order valence-corrected chi connectivity index (χ2v) is 4.73. The van der Waals surface area contributed by atoms with Crippen molar-refractivity contribution in [2.45, 2.75) is 19.4 Å². The quantitative estimate of drug-likeness (QED) is 0.860. The van der Waals surface area contributed by atoms with Gasteiger partial charge in [-0.3, -0.25) is 9.59 Å². The van der Waals surface area contributed by atoms with Crippen molar-refractivity contribution in [3.05, 3.63) is 60.2 Å². The summed E-state index contributed by atoms with van der Waals surface area (Å²) in [6, 6.07) is 15.7. The smallest absolute Gasteiger partial charge is 0.265 e. The first-order valence-corrected chi connectivity index (χ1v) is 7.03. The molecule has 5 heteroatoms. The van der Waals surface area contributed by atoms with E-state index in [-0.39, 0.29) is 11.5 Å². The van der Waals surface area contributed by atoms with Gasteiger partial charge in [0, 0.05) is 0 Å². The Bertz CT molecular complexity index is 656. The Morgan fingerprint density at radius 3 is 2.36 bits per heavy atom. The van der Waals surface area contributed by atoms with E-state index >= 15 is 0 Å². The van der Waals surface area contributed by atoms with Gasteiger partial charge in [-0.15, -0.1) is 0 Å². The van der Waals surface area contributed by atoms with E-state index in [9.17, 15) is 9.59 Å². The summed E-state index contributed by atoms with van der Waals surface area (Å²) in [4.78, 5) is 23.7. The highest BCUT2D eigenvalue weighted by atomic mass is 16.5. The molecule has 22 heavy (non-hydrogen) atoms. The number of hydrogen-bond acceptors (Lipinski definition) is 3. The highest BCUT2D eigenvalue weighted by Crippen LogP contribution is 2.17. The van der Waals surface area contributed by atoms with Crippen molar-refractivity contribution in [3.8, 4) is 5.75 Å². The Kier molecular flexibility index (Phi) is 5.14. The number of rotatable bonds is 6. The van der Waals surface area contributed by atoms with Crippen molar-refractivity contribution in [2.24, 2.45) is 5.73 Å². The zero-order valence-corrected chi connectivity index (χ0v) is 12.3. The topological polar surface area (TPSA) is 81.4 Å². The maximum Gasteiger partial charge on any atom is 0.265 e. The Labute approximate surface area is 129 Å². The Hall–Kier alpha value is -2.82. The second-order valence-electron chi connectivity index (χ2n) is 4.73. The summed E-state index contributed by atoms with van der Waals surface area (Å²) in [5.41, 5.74) is 5.95. The summed E-state index contributed by atoms with van der Waals surface area (Å²) in [7, 11) is 0. The van der Waals surface area contributed by atoms with E-state index in [1.807, 2.05) is 25.1 Å². The molecule has 0 heterocycles. The van der Waals surface area contributed by atoms with Crippen LogP contribution in [0.1, 0.15) is 23.7 Å². The van der Waals surface area contributed by atoms with E-state index in [0.717, 1.165) is 0 Å². The molecule has 1 atom stereocenters. The Balaban J connectivity index is 2.11. The molecule has 0 aliphatic rings. The van der Waals surface area contributed by atoms with Gasteiger partial charge in [0.15, 0.2) is 6.10 Å². The van der Waals surface area contributed by atoms with Crippen molar-refractivity contribution >= 4 is 17.5 Å². The molecule has 0 unspecified atom stereocenters. The molecule has 5 nitrogen and oxygen atoms in total. The van der Waals surface area contributed by atoms with E-state index in [1.54, 1.807) is 36.4 Å². The Morgan fingerprint density at radius 1 is 1.09 bits per heavy atom. The molecule has 2 aromatic rings. The maximum absolute atomic E-state index is 12.3. The summed E-state index contributed by atoms with van der Waals surface area (Å²) in [6.07, 6.45) is -0.150. The second kappa shape index (κ2) is 7.26. The fraction of sp³-hybridized carbons (Fsp3) is 0.176. The lowest BCUT2D eigenvalue weighted by Crippen LogP contribution is -2.33. The summed E-state index contributed by atoms with van der Waals surface area (Å²) >= 11 is 0. The molecular weight excluding hydrogens is 280 g/mol. The minimum Gasteiger partial charge on any atom is -0.481 e. The fourth-order valence-electron chi connectivity index (χ4n) is 2.01. The van der Waals surface area contributed by atoms with E-state index < -0.39 is 12.0 Å². The number of anilines is 1. The summed E-state index contributed by atoms with van der Waals surface area (Å²) in [5, 5.41) is 2.70. The number of para-hydroxylation sites is 2. The molecule has 0 radical (unpaired) electrons. The first-order chi connectivity index (χ1) is 10.6. The van der Waals surface area contributed by atoms with Crippen molar-refractivity contribution in [2.75, 3.05) is 5.32 Å². The molecule has 0 bridgehead atoms. The molecule has 3 N–H and O–H groups in total. The first kappa shape index (κ1) is 15.6. The minimum absolute atomic E-state index is 0.269. The average Bonchev–Trinajstić information content (AvgIpc) is 2.53. The summed E-state index contributed by atoms with van der Waals surface area (Å²) in [5.74, 6) is -0.291. The van der Waals surface area contributed by atoms with Gasteiger partial charge in [0.1, 0.15) is 5.75 Å². The van der Waals surface area contributed by atoms with Crippen molar-refractivity contribution in [3.63, 3.8) is 0 Å². The van der Waals surface area contributed by atoms with Crippen LogP contribution in [-0.2, 0) is 4.79 Å². The third-order valence-electron chi connectivity index (χ3n) is 3.14. The fourth-order valence-corrected chi connectivity index (χ4v) is 2.01. The van der Waals surface area contributed by atoms with Gasteiger partial charge in [0.05, 0.1) is 11.3 Å². The Morgan fingerprint density at radius 2 is 1.73 bits per heavy atom. The normalized spacial score (nSPS) is 11.5. The third-order valence-corrected chi connectivity index (χ3v) is 3.14. The number of ether oxygens (including phenoxy) is 1. The zero-order chi connectivity index (χ0) is 15.9. The third kappa shape index (κ3) is 3.85. The van der Waals surface area contributed by atoms with Crippen molar-refractivity contribution in [1.29, 1.82) is 0 Å². The molecule has 0 aromatic heterocycles. The molecule has 0 aliphatic heterocycles. The number of nitrogens with one attached hydrogen (secondary N) is 1. The maximum atomic E-state index is 12.3. The first-order valence-electron chi connectivity index (χ1n) is 7.03. The van der Waals surface area contributed by atoms with Gasteiger partial charge in [-0.05, 0) is 30.7 Å². The van der Waals surface area contributed by atoms with Crippen LogP contribution in [0, 0.1) is 0 Å². The molecule has 0 saturated heterocycles. The molecule has 0 spiro atoms. The number of primary amides is 1. The van der Waals surface area contributed by atoms with E-state index in [4.69, 9.17) is 10.5 Å². The van der Waals surface area contributed by atoms with Crippen LogP contribution in [0.3, 0.4) is 0 Å². The number of nitrogens with two attached hydrogens (primary N) is 1. The van der Waals surface area contributed by atoms with Gasteiger partial charge >= 0.3 is 0 Å². The van der Waals surface area contributed by atoms with Gasteiger partial charge in [-0.1, -0.05) is 37.3 Å². The molecule has 114 valence electrons. The van der Waals surface area contributed by atoms with Crippen LogP contribution in [0.25, 0.3) is 0 Å². The number of hydrogen-bond donors (Lipinski definition) is 2. The molecule has 2 aromatic carbocycles. The van der Waals surface area contributed by atoms with Crippen LogP contribution in [0.5, 0.6) is 5.75 Å². The monoisotopic (exact) mass is 298 g/mol. The number of amides is 2. The molecule has 2 amide bonds. The van der Waals surface area contributed by atoms with Crippen LogP contribution in [-0.4, -0.2) is 17.9 Å². The predicted molar refractivity (Wildman–Crippen MR) is 84.7 cm³/mol. The predicted octanol–water partition coefficient (Wildman–Crippen LogP) is 2.58. The largest absolute Gasteiger partial charge is 0.481 e. The van der Waals surface area contributed by atoms with E-state index in [0.29, 0.717) is 17.9 Å². The lowest BCUT2D eigenvalue weighted by Gasteiger charge is -2.18. The van der Waals surface area contributed by atoms with Gasteiger partial charge in [0.2, 0.25) is 0 Å². The van der Waals surface area contributed by atoms with E-state index in [2.05, 4.69) is 5.32 Å². The summed E-state index contributed by atoms with van der Waals surface area (Å²) < 4.78 is 5.67. The van der Waals surface area contributed by atoms with Gasteiger partial charge < -0.3 is 15.8 Å². The van der Waals surface area contributed by atoms with Crippen LogP contribution in [0.15, 0.2) is 54.6 Å².